The quantitative estimate of drug-likeness (QED) is 0.272. The Bertz CT molecular complexity index is 1920. The van der Waals surface area contributed by atoms with E-state index in [2.05, 4.69) is 42.1 Å². The van der Waals surface area contributed by atoms with Crippen LogP contribution in [0.2, 0.25) is 0 Å². The average Bonchev–Trinajstić information content (AvgIpc) is 3.46. The molecule has 6 heterocycles. The van der Waals surface area contributed by atoms with E-state index in [1.54, 1.807) is 10.6 Å². The number of nitrogens with one attached hydrogen (secondary N) is 1. The first-order valence-corrected chi connectivity index (χ1v) is 14.9. The van der Waals surface area contributed by atoms with Gasteiger partial charge in [0.25, 0.3) is 0 Å². The van der Waals surface area contributed by atoms with Crippen LogP contribution in [0.4, 0.5) is 17.3 Å². The van der Waals surface area contributed by atoms with Crippen molar-refractivity contribution in [3.05, 3.63) is 73.0 Å². The molecule has 0 spiro atoms. The fraction of sp³-hybridized carbons (Fsp3) is 0.312. The third-order valence-corrected chi connectivity index (χ3v) is 8.30. The molecule has 5 aromatic rings. The summed E-state index contributed by atoms with van der Waals surface area (Å²) in [7, 11) is 3.99. The highest BCUT2D eigenvalue weighted by Crippen LogP contribution is 2.36. The minimum atomic E-state index is -0.0893. The highest BCUT2D eigenvalue weighted by molar-refractivity contribution is 5.90. The fourth-order valence-electron chi connectivity index (χ4n) is 5.50. The maximum absolute atomic E-state index is 13.1. The third kappa shape index (κ3) is 5.69. The van der Waals surface area contributed by atoms with Crippen molar-refractivity contribution in [1.29, 1.82) is 0 Å². The smallest absolute Gasteiger partial charge is 0.246 e. The lowest BCUT2D eigenvalue weighted by Gasteiger charge is -2.39. The summed E-state index contributed by atoms with van der Waals surface area (Å²) in [6.07, 6.45) is 8.45. The summed E-state index contributed by atoms with van der Waals surface area (Å²) < 4.78 is 14.1. The molecule has 7 rings (SSSR count). The number of aryl methyl sites for hydroxylation is 1. The summed E-state index contributed by atoms with van der Waals surface area (Å²) in [6, 6.07) is 11.5. The van der Waals surface area contributed by atoms with Crippen molar-refractivity contribution < 1.29 is 14.3 Å². The van der Waals surface area contributed by atoms with Crippen molar-refractivity contribution in [1.82, 2.24) is 39.3 Å². The summed E-state index contributed by atoms with van der Waals surface area (Å²) in [5.41, 5.74) is 3.79. The van der Waals surface area contributed by atoms with Crippen molar-refractivity contribution >= 4 is 39.9 Å². The molecule has 2 aliphatic rings. The summed E-state index contributed by atoms with van der Waals surface area (Å²) >= 11 is 0. The predicted molar refractivity (Wildman–Crippen MR) is 170 cm³/mol. The molecule has 13 heteroatoms. The highest BCUT2D eigenvalue weighted by Gasteiger charge is 2.35. The number of amides is 1. The molecule has 1 N–H and O–H groups in total. The highest BCUT2D eigenvalue weighted by atomic mass is 16.5. The number of hydrogen-bond donors (Lipinski definition) is 1. The van der Waals surface area contributed by atoms with Crippen LogP contribution < -0.4 is 19.7 Å². The summed E-state index contributed by atoms with van der Waals surface area (Å²) in [6.45, 7) is 6.30. The molecule has 2 atom stereocenters. The number of fused-ring (bicyclic) bond motifs is 6. The van der Waals surface area contributed by atoms with Crippen LogP contribution in [0.15, 0.2) is 67.4 Å². The Kier molecular flexibility index (Phi) is 7.37. The van der Waals surface area contributed by atoms with Crippen LogP contribution in [0.1, 0.15) is 12.5 Å². The molecule has 0 aliphatic carbocycles. The number of nitrogens with zero attached hydrogens (tertiary/aromatic N) is 9. The summed E-state index contributed by atoms with van der Waals surface area (Å²) in [4.78, 5) is 37.5. The topological polar surface area (TPSA) is 126 Å². The molecule has 2 bridgehead atoms. The van der Waals surface area contributed by atoms with Crippen molar-refractivity contribution in [2.24, 2.45) is 0 Å². The number of carbonyl (C=O) groups is 1. The van der Waals surface area contributed by atoms with Gasteiger partial charge in [-0.2, -0.15) is 5.10 Å². The first kappa shape index (κ1) is 28.5. The monoisotopic (exact) mass is 606 g/mol. The van der Waals surface area contributed by atoms with Crippen LogP contribution in [-0.2, 0) is 4.79 Å². The van der Waals surface area contributed by atoms with Crippen LogP contribution in [0, 0.1) is 6.92 Å². The van der Waals surface area contributed by atoms with Crippen molar-refractivity contribution in [2.75, 3.05) is 50.6 Å². The van der Waals surface area contributed by atoms with E-state index in [1.807, 2.05) is 74.6 Å². The molecule has 0 radical (unpaired) electrons. The van der Waals surface area contributed by atoms with Gasteiger partial charge in [0.1, 0.15) is 36.3 Å². The van der Waals surface area contributed by atoms with E-state index in [1.165, 1.54) is 12.7 Å². The fourth-order valence-corrected chi connectivity index (χ4v) is 5.50. The van der Waals surface area contributed by atoms with Crippen molar-refractivity contribution in [3.63, 3.8) is 0 Å². The lowest BCUT2D eigenvalue weighted by Crippen LogP contribution is -2.56. The molecule has 45 heavy (non-hydrogen) atoms. The summed E-state index contributed by atoms with van der Waals surface area (Å²) in [5, 5.41) is 7.54. The third-order valence-electron chi connectivity index (χ3n) is 8.30. The number of carbonyl (C=O) groups excluding carboxylic acids is 1. The second-order valence-electron chi connectivity index (χ2n) is 11.5. The van der Waals surface area contributed by atoms with Gasteiger partial charge in [0, 0.05) is 55.8 Å². The number of hydrogen-bond acceptors (Lipinski definition) is 11. The van der Waals surface area contributed by atoms with E-state index in [0.717, 1.165) is 22.8 Å². The average molecular weight is 607 g/mol. The Morgan fingerprint density at radius 3 is 2.87 bits per heavy atom. The number of piperazine rings is 1. The van der Waals surface area contributed by atoms with Gasteiger partial charge in [-0.05, 0) is 57.8 Å². The number of anilines is 3. The van der Waals surface area contributed by atoms with Gasteiger partial charge in [-0.15, -0.1) is 0 Å². The number of likely N-dealkylation sites (N-methyl/N-ethyl adjacent to an activating group) is 1. The molecule has 1 amide bonds. The van der Waals surface area contributed by atoms with Gasteiger partial charge in [0.2, 0.25) is 5.91 Å². The minimum absolute atomic E-state index is 0.00137. The maximum Gasteiger partial charge on any atom is 0.246 e. The molecular formula is C32H34N10O3. The Labute approximate surface area is 260 Å². The lowest BCUT2D eigenvalue weighted by atomic mass is 10.1. The maximum atomic E-state index is 13.1. The van der Waals surface area contributed by atoms with Gasteiger partial charge in [-0.3, -0.25) is 4.79 Å². The molecule has 1 fully saturated rings. The van der Waals surface area contributed by atoms with Gasteiger partial charge in [-0.25, -0.2) is 24.5 Å². The van der Waals surface area contributed by atoms with E-state index >= 15 is 0 Å². The second-order valence-corrected chi connectivity index (χ2v) is 11.5. The zero-order chi connectivity index (χ0) is 31.1. The first-order chi connectivity index (χ1) is 21.8. The normalized spacial score (nSPS) is 17.0. The molecule has 4 aromatic heterocycles. The van der Waals surface area contributed by atoms with Crippen LogP contribution >= 0.6 is 0 Å². The molecule has 1 saturated heterocycles. The van der Waals surface area contributed by atoms with E-state index in [0.29, 0.717) is 60.2 Å². The van der Waals surface area contributed by atoms with E-state index in [9.17, 15) is 4.79 Å². The van der Waals surface area contributed by atoms with E-state index in [-0.39, 0.29) is 18.0 Å². The number of aromatic nitrogens is 6. The lowest BCUT2D eigenvalue weighted by molar-refractivity contribution is -0.129. The van der Waals surface area contributed by atoms with E-state index < -0.39 is 0 Å². The largest absolute Gasteiger partial charge is 0.487 e. The van der Waals surface area contributed by atoms with Crippen LogP contribution in [0.5, 0.6) is 17.2 Å². The molecule has 0 saturated carbocycles. The number of pyridine rings is 2. The molecular weight excluding hydrogens is 572 g/mol. The Balaban J connectivity index is 1.10. The molecule has 13 nitrogen and oxygen atoms in total. The van der Waals surface area contributed by atoms with Crippen LogP contribution in [0.25, 0.3) is 16.7 Å². The molecule has 0 unspecified atom stereocenters. The van der Waals surface area contributed by atoms with Crippen LogP contribution in [-0.4, -0.2) is 97.7 Å². The van der Waals surface area contributed by atoms with Gasteiger partial charge in [0.15, 0.2) is 23.0 Å². The van der Waals surface area contributed by atoms with Gasteiger partial charge in [-0.1, -0.05) is 6.08 Å². The van der Waals surface area contributed by atoms with Gasteiger partial charge >= 0.3 is 0 Å². The van der Waals surface area contributed by atoms with E-state index in [4.69, 9.17) is 14.5 Å². The SMILES string of the molecule is Cc1cc(Nc2ncnc3cc4c(nc23)N2CCN(C(=O)/C=C/[C@@H](C)N(C)C)[C@H](CO4)C2)ccc1Oc1ccn2ncnc2c1. The van der Waals surface area contributed by atoms with Crippen molar-refractivity contribution in [3.8, 4) is 17.2 Å². The van der Waals surface area contributed by atoms with Gasteiger partial charge < -0.3 is 29.5 Å². The van der Waals surface area contributed by atoms with Crippen molar-refractivity contribution in [2.45, 2.75) is 25.9 Å². The summed E-state index contributed by atoms with van der Waals surface area (Å²) in [5.74, 6) is 3.38. The second kappa shape index (κ2) is 11.7. The Hall–Kier alpha value is -5.30. The molecule has 230 valence electrons. The standard InChI is InChI=1S/C32H34N10O3/c1-20-13-22(6-7-26(20)45-24-9-10-42-28(14-24)34-19-36-42)37-31-30-25(33-18-35-31)15-27-32(38-30)40-11-12-41(23(16-40)17-44-27)29(43)8-5-21(2)39(3)4/h5-10,13-15,18-19,21,23H,11-12,16-17H2,1-4H3,(H,33,35,37)/b8-5+/t21-,23+/m1/s1. The molecule has 1 aromatic carbocycles. The Morgan fingerprint density at radius 2 is 2.02 bits per heavy atom. The predicted octanol–water partition coefficient (Wildman–Crippen LogP) is 3.83. The zero-order valence-corrected chi connectivity index (χ0v) is 25.6. The number of ether oxygens (including phenoxy) is 2. The first-order valence-electron chi connectivity index (χ1n) is 14.9. The number of rotatable bonds is 7. The van der Waals surface area contributed by atoms with Gasteiger partial charge in [0.05, 0.1) is 11.6 Å². The Morgan fingerprint density at radius 1 is 1.13 bits per heavy atom. The van der Waals surface area contributed by atoms with Crippen LogP contribution in [0.3, 0.4) is 0 Å². The number of benzene rings is 1. The zero-order valence-electron chi connectivity index (χ0n) is 25.6. The molecule has 2 aliphatic heterocycles. The minimum Gasteiger partial charge on any atom is -0.487 e.